The Morgan fingerprint density at radius 1 is 1.44 bits per heavy atom. The summed E-state index contributed by atoms with van der Waals surface area (Å²) in [7, 11) is 1.79. The second-order valence-corrected chi connectivity index (χ2v) is 7.01. The van der Waals surface area contributed by atoms with Crippen LogP contribution < -0.4 is 10.1 Å². The number of halogens is 2. The number of carbonyl (C=O) groups excluding carboxylic acids is 1. The van der Waals surface area contributed by atoms with Gasteiger partial charge in [0.05, 0.1) is 6.54 Å². The normalized spacial score (nSPS) is 16.4. The average molecular weight is 413 g/mol. The maximum Gasteiger partial charge on any atom is 0.244 e. The second-order valence-electron chi connectivity index (χ2n) is 6.58. The van der Waals surface area contributed by atoms with Crippen molar-refractivity contribution in [1.82, 2.24) is 20.0 Å². The largest absolute Gasteiger partial charge is 0.492 e. The lowest BCUT2D eigenvalue weighted by Gasteiger charge is -2.24. The van der Waals surface area contributed by atoms with Crippen LogP contribution in [0.3, 0.4) is 0 Å². The smallest absolute Gasteiger partial charge is 0.244 e. The van der Waals surface area contributed by atoms with Crippen LogP contribution in [-0.2, 0) is 11.3 Å². The predicted octanol–water partition coefficient (Wildman–Crippen LogP) is 2.96. The van der Waals surface area contributed by atoms with Gasteiger partial charge < -0.3 is 15.0 Å². The lowest BCUT2D eigenvalue weighted by molar-refractivity contribution is -0.131. The van der Waals surface area contributed by atoms with Crippen molar-refractivity contribution in [3.63, 3.8) is 0 Å². The van der Waals surface area contributed by atoms with Crippen LogP contribution in [0.4, 0.5) is 0 Å². The predicted molar refractivity (Wildman–Crippen MR) is 109 cm³/mol. The lowest BCUT2D eigenvalue weighted by atomic mass is 9.96. The SMILES string of the molecule is CN(CCOc1cccc(Cl)c1)C(=O)Cn1nccc1C1CCCNC1.Cl. The van der Waals surface area contributed by atoms with Crippen LogP contribution >= 0.6 is 24.0 Å². The van der Waals surface area contributed by atoms with Crippen molar-refractivity contribution in [3.05, 3.63) is 47.2 Å². The van der Waals surface area contributed by atoms with E-state index in [9.17, 15) is 4.79 Å². The number of likely N-dealkylation sites (N-methyl/N-ethyl adjacent to an activating group) is 1. The third-order valence-corrected chi connectivity index (χ3v) is 4.90. The van der Waals surface area contributed by atoms with E-state index in [1.165, 1.54) is 0 Å². The molecule has 2 heterocycles. The van der Waals surface area contributed by atoms with Gasteiger partial charge in [-0.1, -0.05) is 17.7 Å². The number of rotatable bonds is 7. The molecule has 1 saturated heterocycles. The fraction of sp³-hybridized carbons (Fsp3) is 0.474. The standard InChI is InChI=1S/C19H25ClN4O2.ClH/c1-23(10-11-26-17-6-2-5-16(20)12-17)19(25)14-24-18(7-9-22-24)15-4-3-8-21-13-15;/h2,5-7,9,12,15,21H,3-4,8,10-11,13-14H2,1H3;1H. The van der Waals surface area contributed by atoms with Crippen LogP contribution in [0.15, 0.2) is 36.5 Å². The van der Waals surface area contributed by atoms with E-state index in [0.29, 0.717) is 29.8 Å². The van der Waals surface area contributed by atoms with Crippen LogP contribution in [-0.4, -0.2) is 53.9 Å². The van der Waals surface area contributed by atoms with Crippen molar-refractivity contribution >= 4 is 29.9 Å². The highest BCUT2D eigenvalue weighted by molar-refractivity contribution is 6.30. The zero-order valence-corrected chi connectivity index (χ0v) is 17.0. The molecule has 0 aliphatic carbocycles. The van der Waals surface area contributed by atoms with Gasteiger partial charge in [-0.05, 0) is 43.7 Å². The van der Waals surface area contributed by atoms with E-state index >= 15 is 0 Å². The van der Waals surface area contributed by atoms with Gasteiger partial charge in [-0.15, -0.1) is 12.4 Å². The van der Waals surface area contributed by atoms with Gasteiger partial charge >= 0.3 is 0 Å². The Bertz CT molecular complexity index is 732. The topological polar surface area (TPSA) is 59.4 Å². The number of piperidine rings is 1. The molecule has 27 heavy (non-hydrogen) atoms. The first-order chi connectivity index (χ1) is 12.6. The van der Waals surface area contributed by atoms with Crippen molar-refractivity contribution in [2.45, 2.75) is 25.3 Å². The Balaban J connectivity index is 0.00000261. The van der Waals surface area contributed by atoms with Crippen molar-refractivity contribution in [2.75, 3.05) is 33.3 Å². The maximum absolute atomic E-state index is 12.5. The average Bonchev–Trinajstić information content (AvgIpc) is 3.10. The molecule has 148 valence electrons. The van der Waals surface area contributed by atoms with E-state index in [-0.39, 0.29) is 24.9 Å². The summed E-state index contributed by atoms with van der Waals surface area (Å²) in [6.07, 6.45) is 4.07. The summed E-state index contributed by atoms with van der Waals surface area (Å²) in [6.45, 7) is 3.20. The number of ether oxygens (including phenoxy) is 1. The van der Waals surface area contributed by atoms with E-state index in [1.54, 1.807) is 30.3 Å². The molecule has 1 aliphatic heterocycles. The first-order valence-electron chi connectivity index (χ1n) is 8.98. The van der Waals surface area contributed by atoms with E-state index in [4.69, 9.17) is 16.3 Å². The molecule has 1 aliphatic rings. The van der Waals surface area contributed by atoms with Crippen molar-refractivity contribution in [3.8, 4) is 5.75 Å². The molecule has 2 aromatic rings. The maximum atomic E-state index is 12.5. The Hall–Kier alpha value is -1.76. The zero-order valence-electron chi connectivity index (χ0n) is 15.4. The molecule has 0 spiro atoms. The first kappa shape index (κ1) is 21.5. The lowest BCUT2D eigenvalue weighted by Crippen LogP contribution is -2.35. The van der Waals surface area contributed by atoms with Crippen molar-refractivity contribution < 1.29 is 9.53 Å². The molecule has 0 saturated carbocycles. The molecular formula is C19H26Cl2N4O2. The summed E-state index contributed by atoms with van der Waals surface area (Å²) >= 11 is 5.94. The highest BCUT2D eigenvalue weighted by atomic mass is 35.5. The molecule has 1 aromatic carbocycles. The highest BCUT2D eigenvalue weighted by Crippen LogP contribution is 2.22. The fourth-order valence-corrected chi connectivity index (χ4v) is 3.34. The van der Waals surface area contributed by atoms with Gasteiger partial charge in [0.2, 0.25) is 5.91 Å². The molecule has 8 heteroatoms. The highest BCUT2D eigenvalue weighted by Gasteiger charge is 2.20. The molecular weight excluding hydrogens is 387 g/mol. The van der Waals surface area contributed by atoms with Crippen LogP contribution in [0.25, 0.3) is 0 Å². The van der Waals surface area contributed by atoms with Crippen molar-refractivity contribution in [2.24, 2.45) is 0 Å². The summed E-state index contributed by atoms with van der Waals surface area (Å²) in [5.41, 5.74) is 1.13. The van der Waals surface area contributed by atoms with E-state index in [2.05, 4.69) is 10.4 Å². The minimum absolute atomic E-state index is 0. The summed E-state index contributed by atoms with van der Waals surface area (Å²) < 4.78 is 7.48. The van der Waals surface area contributed by atoms with E-state index in [0.717, 1.165) is 31.6 Å². The minimum Gasteiger partial charge on any atom is -0.492 e. The van der Waals surface area contributed by atoms with Gasteiger partial charge in [0, 0.05) is 36.4 Å². The van der Waals surface area contributed by atoms with E-state index in [1.807, 2.05) is 22.9 Å². The van der Waals surface area contributed by atoms with Crippen LogP contribution in [0, 0.1) is 0 Å². The summed E-state index contributed by atoms with van der Waals surface area (Å²) in [5.74, 6) is 1.15. The second kappa shape index (κ2) is 10.5. The summed E-state index contributed by atoms with van der Waals surface area (Å²) in [6, 6.07) is 9.27. The number of nitrogens with one attached hydrogen (secondary N) is 1. The van der Waals surface area contributed by atoms with Gasteiger partial charge in [-0.25, -0.2) is 0 Å². The number of nitrogens with zero attached hydrogens (tertiary/aromatic N) is 3. The van der Waals surface area contributed by atoms with Gasteiger partial charge in [-0.3, -0.25) is 9.48 Å². The van der Waals surface area contributed by atoms with Gasteiger partial charge in [0.15, 0.2) is 0 Å². The van der Waals surface area contributed by atoms with Crippen LogP contribution in [0.1, 0.15) is 24.5 Å². The van der Waals surface area contributed by atoms with Gasteiger partial charge in [0.25, 0.3) is 0 Å². The molecule has 0 radical (unpaired) electrons. The molecule has 3 rings (SSSR count). The van der Waals surface area contributed by atoms with E-state index < -0.39 is 0 Å². The Morgan fingerprint density at radius 3 is 3.04 bits per heavy atom. The Labute approximate surface area is 171 Å². The molecule has 1 N–H and O–H groups in total. The third-order valence-electron chi connectivity index (χ3n) is 4.67. The molecule has 0 bridgehead atoms. The zero-order chi connectivity index (χ0) is 18.4. The monoisotopic (exact) mass is 412 g/mol. The number of carbonyl (C=O) groups is 1. The molecule has 6 nitrogen and oxygen atoms in total. The number of hydrogen-bond donors (Lipinski definition) is 1. The number of benzene rings is 1. The summed E-state index contributed by atoms with van der Waals surface area (Å²) in [4.78, 5) is 14.2. The Morgan fingerprint density at radius 2 is 2.30 bits per heavy atom. The molecule has 1 atom stereocenters. The number of hydrogen-bond acceptors (Lipinski definition) is 4. The van der Waals surface area contributed by atoms with Crippen LogP contribution in [0.2, 0.25) is 5.02 Å². The first-order valence-corrected chi connectivity index (χ1v) is 9.36. The molecule has 1 aromatic heterocycles. The fourth-order valence-electron chi connectivity index (χ4n) is 3.16. The molecule has 1 amide bonds. The third kappa shape index (κ3) is 6.13. The van der Waals surface area contributed by atoms with Crippen LogP contribution in [0.5, 0.6) is 5.75 Å². The quantitative estimate of drug-likeness (QED) is 0.759. The summed E-state index contributed by atoms with van der Waals surface area (Å²) in [5, 5.41) is 8.39. The number of aromatic nitrogens is 2. The molecule has 1 fully saturated rings. The van der Waals surface area contributed by atoms with Gasteiger partial charge in [0.1, 0.15) is 18.9 Å². The van der Waals surface area contributed by atoms with Crippen molar-refractivity contribution in [1.29, 1.82) is 0 Å². The molecule has 1 unspecified atom stereocenters. The number of amides is 1. The minimum atomic E-state index is 0. The Kier molecular flexibility index (Phi) is 8.41. The van der Waals surface area contributed by atoms with Gasteiger partial charge in [-0.2, -0.15) is 5.10 Å².